The predicted octanol–water partition coefficient (Wildman–Crippen LogP) is 2.59. The van der Waals surface area contributed by atoms with Gasteiger partial charge in [-0.1, -0.05) is 0 Å². The SMILES string of the molecule is COCCCNC(=O)c1nn2c(C(F)(F)F)cc(C)nc2c1Br. The molecule has 0 fully saturated rings. The van der Waals surface area contributed by atoms with E-state index in [0.29, 0.717) is 24.1 Å². The molecule has 10 heteroatoms. The van der Waals surface area contributed by atoms with Crippen LogP contribution in [-0.4, -0.2) is 40.8 Å². The Labute approximate surface area is 138 Å². The highest BCUT2D eigenvalue weighted by atomic mass is 79.9. The molecule has 0 aliphatic carbocycles. The van der Waals surface area contributed by atoms with E-state index >= 15 is 0 Å². The smallest absolute Gasteiger partial charge is 0.385 e. The third kappa shape index (κ3) is 3.81. The molecule has 2 aromatic rings. The van der Waals surface area contributed by atoms with Gasteiger partial charge in [-0.05, 0) is 35.3 Å². The minimum absolute atomic E-state index is 0.0561. The predicted molar refractivity (Wildman–Crippen MR) is 79.3 cm³/mol. The first kappa shape index (κ1) is 17.7. The van der Waals surface area contributed by atoms with Gasteiger partial charge in [-0.2, -0.15) is 18.3 Å². The zero-order chi connectivity index (χ0) is 17.2. The summed E-state index contributed by atoms with van der Waals surface area (Å²) in [5, 5.41) is 6.34. The maximum absolute atomic E-state index is 13.1. The van der Waals surface area contributed by atoms with Crippen molar-refractivity contribution in [2.75, 3.05) is 20.3 Å². The van der Waals surface area contributed by atoms with E-state index in [1.807, 2.05) is 0 Å². The number of hydrogen-bond donors (Lipinski definition) is 1. The number of carbonyl (C=O) groups is 1. The summed E-state index contributed by atoms with van der Waals surface area (Å²) in [6.45, 7) is 2.23. The molecule has 0 radical (unpaired) electrons. The first-order chi connectivity index (χ1) is 10.8. The van der Waals surface area contributed by atoms with Gasteiger partial charge in [-0.25, -0.2) is 9.50 Å². The maximum atomic E-state index is 13.1. The van der Waals surface area contributed by atoms with Crippen LogP contribution in [0.25, 0.3) is 5.65 Å². The van der Waals surface area contributed by atoms with Gasteiger partial charge in [-0.3, -0.25) is 4.79 Å². The molecule has 1 amide bonds. The number of nitrogens with zero attached hydrogens (tertiary/aromatic N) is 3. The van der Waals surface area contributed by atoms with Gasteiger partial charge in [0.15, 0.2) is 11.3 Å². The van der Waals surface area contributed by atoms with Crippen LogP contribution in [0.1, 0.15) is 28.3 Å². The normalized spacial score (nSPS) is 11.9. The highest BCUT2D eigenvalue weighted by Crippen LogP contribution is 2.32. The van der Waals surface area contributed by atoms with E-state index in [2.05, 4.69) is 31.3 Å². The molecule has 0 unspecified atom stereocenters. The zero-order valence-corrected chi connectivity index (χ0v) is 14.0. The van der Waals surface area contributed by atoms with E-state index in [4.69, 9.17) is 4.74 Å². The second-order valence-electron chi connectivity index (χ2n) is 4.78. The molecular weight excluding hydrogens is 381 g/mol. The minimum atomic E-state index is -4.61. The number of carbonyl (C=O) groups excluding carboxylic acids is 1. The van der Waals surface area contributed by atoms with Gasteiger partial charge in [0.05, 0.1) is 4.47 Å². The molecule has 1 N–H and O–H groups in total. The summed E-state index contributed by atoms with van der Waals surface area (Å²) in [5.41, 5.74) is -1.01. The Morgan fingerprint density at radius 3 is 2.78 bits per heavy atom. The Morgan fingerprint density at radius 1 is 1.48 bits per heavy atom. The van der Waals surface area contributed by atoms with Gasteiger partial charge in [0.1, 0.15) is 5.69 Å². The van der Waals surface area contributed by atoms with E-state index in [1.165, 1.54) is 14.0 Å². The number of halogens is 4. The summed E-state index contributed by atoms with van der Waals surface area (Å²) in [6, 6.07) is 0.882. The molecule has 0 aliphatic rings. The molecule has 0 atom stereocenters. The molecule has 23 heavy (non-hydrogen) atoms. The van der Waals surface area contributed by atoms with Crippen LogP contribution in [-0.2, 0) is 10.9 Å². The van der Waals surface area contributed by atoms with Gasteiger partial charge in [0, 0.05) is 26.0 Å². The molecule has 0 spiro atoms. The lowest BCUT2D eigenvalue weighted by atomic mass is 10.3. The van der Waals surface area contributed by atoms with Gasteiger partial charge in [-0.15, -0.1) is 0 Å². The van der Waals surface area contributed by atoms with Crippen LogP contribution >= 0.6 is 15.9 Å². The Bertz CT molecular complexity index is 730. The Kier molecular flexibility index (Phi) is 5.25. The average molecular weight is 395 g/mol. The summed E-state index contributed by atoms with van der Waals surface area (Å²) in [5.74, 6) is -0.579. The van der Waals surface area contributed by atoms with Crippen molar-refractivity contribution in [1.82, 2.24) is 19.9 Å². The van der Waals surface area contributed by atoms with E-state index < -0.39 is 17.8 Å². The number of aryl methyl sites for hydroxylation is 1. The van der Waals surface area contributed by atoms with Gasteiger partial charge >= 0.3 is 6.18 Å². The topological polar surface area (TPSA) is 68.5 Å². The van der Waals surface area contributed by atoms with Crippen LogP contribution < -0.4 is 5.32 Å². The third-order valence-corrected chi connectivity index (χ3v) is 3.71. The lowest BCUT2D eigenvalue weighted by Gasteiger charge is -2.09. The van der Waals surface area contributed by atoms with Crippen molar-refractivity contribution in [1.29, 1.82) is 0 Å². The highest BCUT2D eigenvalue weighted by molar-refractivity contribution is 9.10. The molecule has 6 nitrogen and oxygen atoms in total. The molecule has 126 valence electrons. The Hall–Kier alpha value is -1.68. The summed E-state index contributed by atoms with van der Waals surface area (Å²) >= 11 is 3.11. The fourth-order valence-electron chi connectivity index (χ4n) is 1.96. The maximum Gasteiger partial charge on any atom is 0.433 e. The van der Waals surface area contributed by atoms with Crippen molar-refractivity contribution in [3.05, 3.63) is 27.6 Å². The van der Waals surface area contributed by atoms with Crippen LogP contribution in [0.3, 0.4) is 0 Å². The average Bonchev–Trinajstić information content (AvgIpc) is 2.79. The van der Waals surface area contributed by atoms with Crippen LogP contribution in [0, 0.1) is 6.92 Å². The van der Waals surface area contributed by atoms with Crippen LogP contribution in [0.15, 0.2) is 10.5 Å². The molecular formula is C13H14BrF3N4O2. The van der Waals surface area contributed by atoms with E-state index in [-0.39, 0.29) is 21.5 Å². The van der Waals surface area contributed by atoms with Gasteiger partial charge < -0.3 is 10.1 Å². The van der Waals surface area contributed by atoms with Crippen molar-refractivity contribution in [2.24, 2.45) is 0 Å². The minimum Gasteiger partial charge on any atom is -0.385 e. The lowest BCUT2D eigenvalue weighted by Crippen LogP contribution is -2.26. The summed E-state index contributed by atoms with van der Waals surface area (Å²) < 4.78 is 44.9. The fraction of sp³-hybridized carbons (Fsp3) is 0.462. The largest absolute Gasteiger partial charge is 0.433 e. The van der Waals surface area contributed by atoms with Crippen molar-refractivity contribution in [2.45, 2.75) is 19.5 Å². The number of nitrogens with one attached hydrogen (secondary N) is 1. The molecule has 2 aromatic heterocycles. The number of fused-ring (bicyclic) bond motifs is 1. The molecule has 0 bridgehead atoms. The first-order valence-corrected chi connectivity index (χ1v) is 7.45. The second kappa shape index (κ2) is 6.83. The van der Waals surface area contributed by atoms with Crippen molar-refractivity contribution in [3.8, 4) is 0 Å². The molecule has 2 rings (SSSR count). The number of amides is 1. The summed E-state index contributed by atoms with van der Waals surface area (Å²) in [4.78, 5) is 16.1. The lowest BCUT2D eigenvalue weighted by molar-refractivity contribution is -0.142. The Balaban J connectivity index is 2.40. The number of alkyl halides is 3. The quantitative estimate of drug-likeness (QED) is 0.791. The number of methoxy groups -OCH3 is 1. The van der Waals surface area contributed by atoms with Crippen LogP contribution in [0.5, 0.6) is 0 Å². The van der Waals surface area contributed by atoms with Crippen molar-refractivity contribution >= 4 is 27.5 Å². The standard InChI is InChI=1S/C13H14BrF3N4O2/c1-7-6-8(13(15,16)17)21-11(19-7)9(14)10(20-21)12(22)18-4-3-5-23-2/h6H,3-5H2,1-2H3,(H,18,22). The zero-order valence-electron chi connectivity index (χ0n) is 12.4. The molecule has 0 saturated carbocycles. The third-order valence-electron chi connectivity index (χ3n) is 2.98. The second-order valence-corrected chi connectivity index (χ2v) is 5.57. The van der Waals surface area contributed by atoms with Crippen molar-refractivity contribution < 1.29 is 22.7 Å². The van der Waals surface area contributed by atoms with E-state index in [9.17, 15) is 18.0 Å². The molecule has 2 heterocycles. The van der Waals surface area contributed by atoms with Crippen LogP contribution in [0.2, 0.25) is 0 Å². The highest BCUT2D eigenvalue weighted by Gasteiger charge is 2.36. The van der Waals surface area contributed by atoms with E-state index in [0.717, 1.165) is 6.07 Å². The number of aromatic nitrogens is 3. The number of ether oxygens (including phenoxy) is 1. The summed E-state index contributed by atoms with van der Waals surface area (Å²) in [6.07, 6.45) is -4.03. The number of hydrogen-bond acceptors (Lipinski definition) is 4. The summed E-state index contributed by atoms with van der Waals surface area (Å²) in [7, 11) is 1.53. The molecule has 0 aromatic carbocycles. The Morgan fingerprint density at radius 2 is 2.17 bits per heavy atom. The monoisotopic (exact) mass is 394 g/mol. The van der Waals surface area contributed by atoms with Crippen LogP contribution in [0.4, 0.5) is 13.2 Å². The molecule has 0 aliphatic heterocycles. The fourth-order valence-corrected chi connectivity index (χ4v) is 2.48. The van der Waals surface area contributed by atoms with Gasteiger partial charge in [0.25, 0.3) is 5.91 Å². The van der Waals surface area contributed by atoms with E-state index in [1.54, 1.807) is 0 Å². The molecule has 0 saturated heterocycles. The number of rotatable bonds is 5. The first-order valence-electron chi connectivity index (χ1n) is 6.66. The van der Waals surface area contributed by atoms with Crippen molar-refractivity contribution in [3.63, 3.8) is 0 Å². The van der Waals surface area contributed by atoms with Gasteiger partial charge in [0.2, 0.25) is 0 Å².